The average Bonchev–Trinajstić information content (AvgIpc) is 2.40. The number of pyridine rings is 1. The molecule has 1 heterocycles. The number of hydrogen-bond acceptors (Lipinski definition) is 6. The molecule has 2 aromatic rings. The summed E-state index contributed by atoms with van der Waals surface area (Å²) in [6, 6.07) is 7.01. The van der Waals surface area contributed by atoms with Gasteiger partial charge in [-0.2, -0.15) is 0 Å². The van der Waals surface area contributed by atoms with E-state index in [0.717, 1.165) is 6.26 Å². The van der Waals surface area contributed by atoms with Crippen LogP contribution in [0.5, 0.6) is 11.5 Å². The largest absolute Gasteiger partial charge is 0.447 e. The fraction of sp³-hybridized carbons (Fsp3) is 0.0833. The Morgan fingerprint density at radius 1 is 1.24 bits per heavy atom. The van der Waals surface area contributed by atoms with Crippen molar-refractivity contribution >= 4 is 31.5 Å². The summed E-state index contributed by atoms with van der Waals surface area (Å²) in [6.07, 6.45) is 2.41. The second kappa shape index (κ2) is 5.78. The molecule has 0 aliphatic carbocycles. The average molecular weight is 373 g/mol. The number of hydrogen-bond donors (Lipinski definition) is 0. The van der Waals surface area contributed by atoms with E-state index in [1.54, 1.807) is 12.1 Å². The molecule has 7 nitrogen and oxygen atoms in total. The number of rotatable bonds is 4. The van der Waals surface area contributed by atoms with Gasteiger partial charge in [0, 0.05) is 12.5 Å². The number of ether oxygens (including phenoxy) is 1. The molecule has 1 aromatic heterocycles. The summed E-state index contributed by atoms with van der Waals surface area (Å²) >= 11 is 3.15. The summed E-state index contributed by atoms with van der Waals surface area (Å²) in [7, 11) is -3.75. The van der Waals surface area contributed by atoms with E-state index in [4.69, 9.17) is 4.74 Å². The van der Waals surface area contributed by atoms with Gasteiger partial charge in [-0.25, -0.2) is 13.4 Å². The Labute approximate surface area is 128 Å². The Balaban J connectivity index is 2.60. The van der Waals surface area contributed by atoms with Gasteiger partial charge in [0.15, 0.2) is 15.6 Å². The summed E-state index contributed by atoms with van der Waals surface area (Å²) in [5.74, 6) is 0.0721. The first-order valence-electron chi connectivity index (χ1n) is 5.56. The molecule has 1 aromatic carbocycles. The maximum absolute atomic E-state index is 11.6. The maximum atomic E-state index is 11.6. The van der Waals surface area contributed by atoms with E-state index >= 15 is 0 Å². The normalized spacial score (nSPS) is 11.1. The standard InChI is InChI=1S/C12H9BrN2O5S/c1-21(18,19)10-6-2-4-8(11(10)15(16)17)20-9-5-3-7-14-12(9)13/h2-7H,1H3. The van der Waals surface area contributed by atoms with Crippen molar-refractivity contribution in [2.45, 2.75) is 4.90 Å². The van der Waals surface area contributed by atoms with Crippen LogP contribution in [0.3, 0.4) is 0 Å². The zero-order valence-corrected chi connectivity index (χ0v) is 13.1. The Morgan fingerprint density at radius 3 is 2.48 bits per heavy atom. The smallest absolute Gasteiger partial charge is 0.330 e. The van der Waals surface area contributed by atoms with E-state index in [0.29, 0.717) is 4.60 Å². The summed E-state index contributed by atoms with van der Waals surface area (Å²) < 4.78 is 29.1. The highest BCUT2D eigenvalue weighted by Gasteiger charge is 2.27. The van der Waals surface area contributed by atoms with Gasteiger partial charge in [0.2, 0.25) is 5.75 Å². The zero-order valence-electron chi connectivity index (χ0n) is 10.7. The Bertz CT molecular complexity index is 807. The second-order valence-corrected chi connectivity index (χ2v) is 6.76. The van der Waals surface area contributed by atoms with Gasteiger partial charge in [-0.3, -0.25) is 10.1 Å². The first-order valence-corrected chi connectivity index (χ1v) is 8.25. The molecule has 0 aliphatic heterocycles. The van der Waals surface area contributed by atoms with Crippen LogP contribution in [0, 0.1) is 10.1 Å². The predicted molar refractivity (Wildman–Crippen MR) is 78.2 cm³/mol. The molecule has 0 aliphatic rings. The fourth-order valence-corrected chi connectivity index (χ4v) is 2.81. The van der Waals surface area contributed by atoms with Gasteiger partial charge in [0.05, 0.1) is 4.92 Å². The molecule has 0 atom stereocenters. The number of sulfone groups is 1. The van der Waals surface area contributed by atoms with E-state index in [1.807, 2.05) is 0 Å². The SMILES string of the molecule is CS(=O)(=O)c1cccc(Oc2cccnc2Br)c1[N+](=O)[O-]. The van der Waals surface area contributed by atoms with Crippen molar-refractivity contribution in [1.29, 1.82) is 0 Å². The molecule has 9 heteroatoms. The number of halogens is 1. The van der Waals surface area contributed by atoms with Crippen LogP contribution in [0.25, 0.3) is 0 Å². The van der Waals surface area contributed by atoms with Crippen molar-refractivity contribution in [2.75, 3.05) is 6.26 Å². The van der Waals surface area contributed by atoms with Crippen LogP contribution in [0.15, 0.2) is 46.0 Å². The molecule has 0 saturated heterocycles. The lowest BCUT2D eigenvalue weighted by atomic mass is 10.3. The first-order chi connectivity index (χ1) is 9.80. The van der Waals surface area contributed by atoms with Crippen LogP contribution in [-0.4, -0.2) is 24.6 Å². The van der Waals surface area contributed by atoms with Gasteiger partial charge in [-0.05, 0) is 40.2 Å². The van der Waals surface area contributed by atoms with Crippen molar-refractivity contribution in [2.24, 2.45) is 0 Å². The van der Waals surface area contributed by atoms with Crippen LogP contribution in [0.2, 0.25) is 0 Å². The third kappa shape index (κ3) is 3.37. The maximum Gasteiger partial charge on any atom is 0.330 e. The number of aromatic nitrogens is 1. The molecule has 21 heavy (non-hydrogen) atoms. The number of para-hydroxylation sites is 1. The highest BCUT2D eigenvalue weighted by atomic mass is 79.9. The van der Waals surface area contributed by atoms with Crippen LogP contribution in [0.4, 0.5) is 5.69 Å². The van der Waals surface area contributed by atoms with Gasteiger partial charge in [-0.1, -0.05) is 6.07 Å². The molecule has 0 unspecified atom stereocenters. The lowest BCUT2D eigenvalue weighted by molar-refractivity contribution is -0.388. The number of nitro groups is 1. The van der Waals surface area contributed by atoms with Gasteiger partial charge < -0.3 is 4.74 Å². The van der Waals surface area contributed by atoms with Gasteiger partial charge in [0.1, 0.15) is 9.50 Å². The number of benzene rings is 1. The van der Waals surface area contributed by atoms with Crippen LogP contribution < -0.4 is 4.74 Å². The van der Waals surface area contributed by atoms with Gasteiger partial charge in [0.25, 0.3) is 0 Å². The van der Waals surface area contributed by atoms with Gasteiger partial charge >= 0.3 is 5.69 Å². The molecule has 110 valence electrons. The third-order valence-electron chi connectivity index (χ3n) is 2.49. The minimum atomic E-state index is -3.75. The molecule has 2 rings (SSSR count). The lowest BCUT2D eigenvalue weighted by Crippen LogP contribution is -2.04. The molecular formula is C12H9BrN2O5S. The van der Waals surface area contributed by atoms with Crippen molar-refractivity contribution in [3.05, 3.63) is 51.2 Å². The molecule has 0 N–H and O–H groups in total. The molecule has 0 spiro atoms. The zero-order chi connectivity index (χ0) is 15.6. The quantitative estimate of drug-likeness (QED) is 0.464. The molecule has 0 saturated carbocycles. The minimum Gasteiger partial charge on any atom is -0.447 e. The van der Waals surface area contributed by atoms with Crippen molar-refractivity contribution in [3.63, 3.8) is 0 Å². The van der Waals surface area contributed by atoms with E-state index < -0.39 is 25.3 Å². The topological polar surface area (TPSA) is 99.4 Å². The number of nitro benzene ring substituents is 1. The summed E-state index contributed by atoms with van der Waals surface area (Å²) in [4.78, 5) is 13.9. The summed E-state index contributed by atoms with van der Waals surface area (Å²) in [6.45, 7) is 0. The van der Waals surface area contributed by atoms with E-state index in [9.17, 15) is 18.5 Å². The van der Waals surface area contributed by atoms with Crippen LogP contribution in [0.1, 0.15) is 0 Å². The Hall–Kier alpha value is -2.00. The highest BCUT2D eigenvalue weighted by molar-refractivity contribution is 9.10. The monoisotopic (exact) mass is 372 g/mol. The van der Waals surface area contributed by atoms with Gasteiger partial charge in [-0.15, -0.1) is 0 Å². The van der Waals surface area contributed by atoms with E-state index in [-0.39, 0.29) is 11.5 Å². The Morgan fingerprint density at radius 2 is 1.90 bits per heavy atom. The van der Waals surface area contributed by atoms with E-state index in [2.05, 4.69) is 20.9 Å². The lowest BCUT2D eigenvalue weighted by Gasteiger charge is -2.09. The predicted octanol–water partition coefficient (Wildman–Crippen LogP) is 2.95. The van der Waals surface area contributed by atoms with Crippen LogP contribution in [-0.2, 0) is 9.84 Å². The molecule has 0 radical (unpaired) electrons. The van der Waals surface area contributed by atoms with Crippen molar-refractivity contribution < 1.29 is 18.1 Å². The Kier molecular flexibility index (Phi) is 4.24. The summed E-state index contributed by atoms with van der Waals surface area (Å²) in [5, 5.41) is 11.2. The highest BCUT2D eigenvalue weighted by Crippen LogP contribution is 2.38. The van der Waals surface area contributed by atoms with Crippen LogP contribution >= 0.6 is 15.9 Å². The molecule has 0 fully saturated rings. The first kappa shape index (κ1) is 15.4. The molecule has 0 amide bonds. The minimum absolute atomic E-state index is 0.170. The van der Waals surface area contributed by atoms with E-state index in [1.165, 1.54) is 24.4 Å². The third-order valence-corrected chi connectivity index (χ3v) is 4.21. The van der Waals surface area contributed by atoms with Crippen molar-refractivity contribution in [3.8, 4) is 11.5 Å². The number of nitrogens with zero attached hydrogens (tertiary/aromatic N) is 2. The molecule has 0 bridgehead atoms. The molecular weight excluding hydrogens is 364 g/mol. The van der Waals surface area contributed by atoms with Crippen molar-refractivity contribution in [1.82, 2.24) is 4.98 Å². The summed E-state index contributed by atoms with van der Waals surface area (Å²) in [5.41, 5.74) is -0.601. The fourth-order valence-electron chi connectivity index (χ4n) is 1.63. The second-order valence-electron chi connectivity index (χ2n) is 4.03.